The highest BCUT2D eigenvalue weighted by Crippen LogP contribution is 2.42. The quantitative estimate of drug-likeness (QED) is 0.734. The van der Waals surface area contributed by atoms with Crippen LogP contribution in [0.4, 0.5) is 14.5 Å². The number of anilines is 1. The number of hydrogen-bond donors (Lipinski definition) is 1. The number of benzene rings is 1. The Hall–Kier alpha value is -3.49. The first-order valence-electron chi connectivity index (χ1n) is 8.54. The van der Waals surface area contributed by atoms with Crippen LogP contribution in [-0.4, -0.2) is 27.0 Å². The molecule has 0 radical (unpaired) electrons. The summed E-state index contributed by atoms with van der Waals surface area (Å²) in [4.78, 5) is 17.1. The van der Waals surface area contributed by atoms with Gasteiger partial charge in [0.15, 0.2) is 17.3 Å². The van der Waals surface area contributed by atoms with E-state index in [-0.39, 0.29) is 17.4 Å². The van der Waals surface area contributed by atoms with Gasteiger partial charge < -0.3 is 14.8 Å². The second-order valence-electron chi connectivity index (χ2n) is 6.48. The van der Waals surface area contributed by atoms with Gasteiger partial charge in [-0.2, -0.15) is 5.10 Å². The standard InChI is InChI=1S/C19H16F2N4O3/c1-11(2)17-13(10-23-25(17)16-5-3-4-8-22-16)18(26)24-12-6-7-14-15(9-12)28-19(20,21)27-14/h3-11H,1-2H3,(H,24,26). The van der Waals surface area contributed by atoms with Gasteiger partial charge in [0.1, 0.15) is 0 Å². The van der Waals surface area contributed by atoms with Crippen LogP contribution in [0.5, 0.6) is 11.5 Å². The van der Waals surface area contributed by atoms with Crippen LogP contribution in [0.25, 0.3) is 5.82 Å². The summed E-state index contributed by atoms with van der Waals surface area (Å²) in [6.45, 7) is 3.88. The first-order chi connectivity index (χ1) is 13.3. The molecule has 3 heterocycles. The number of alkyl halides is 2. The molecule has 4 rings (SSSR count). The number of carbonyl (C=O) groups excluding carboxylic acids is 1. The first-order valence-corrected chi connectivity index (χ1v) is 8.54. The van der Waals surface area contributed by atoms with Crippen LogP contribution in [-0.2, 0) is 0 Å². The summed E-state index contributed by atoms with van der Waals surface area (Å²) in [6, 6.07) is 9.46. The van der Waals surface area contributed by atoms with Crippen molar-refractivity contribution in [1.82, 2.24) is 14.8 Å². The summed E-state index contributed by atoms with van der Waals surface area (Å²) in [6.07, 6.45) is -0.608. The summed E-state index contributed by atoms with van der Waals surface area (Å²) in [5.41, 5.74) is 1.34. The molecule has 2 aromatic heterocycles. The maximum Gasteiger partial charge on any atom is 0.586 e. The summed E-state index contributed by atoms with van der Waals surface area (Å²) in [5, 5.41) is 6.98. The van der Waals surface area contributed by atoms with E-state index in [0.717, 1.165) is 0 Å². The van der Waals surface area contributed by atoms with Crippen molar-refractivity contribution in [1.29, 1.82) is 0 Å². The Morgan fingerprint density at radius 2 is 1.96 bits per heavy atom. The van der Waals surface area contributed by atoms with E-state index in [1.165, 1.54) is 24.4 Å². The predicted molar refractivity (Wildman–Crippen MR) is 96.0 cm³/mol. The average Bonchev–Trinajstić information content (AvgIpc) is 3.22. The highest BCUT2D eigenvalue weighted by atomic mass is 19.3. The number of hydrogen-bond acceptors (Lipinski definition) is 5. The van der Waals surface area contributed by atoms with Gasteiger partial charge in [-0.25, -0.2) is 9.67 Å². The molecule has 1 amide bonds. The number of aromatic nitrogens is 3. The third-order valence-corrected chi connectivity index (χ3v) is 4.12. The first kappa shape index (κ1) is 17.9. The van der Waals surface area contributed by atoms with Gasteiger partial charge in [0.25, 0.3) is 5.91 Å². The number of amides is 1. The molecule has 0 bridgehead atoms. The molecule has 7 nitrogen and oxygen atoms in total. The maximum atomic E-state index is 13.2. The summed E-state index contributed by atoms with van der Waals surface area (Å²) < 4.78 is 36.7. The lowest BCUT2D eigenvalue weighted by atomic mass is 10.1. The number of rotatable bonds is 4. The van der Waals surface area contributed by atoms with E-state index in [9.17, 15) is 13.6 Å². The van der Waals surface area contributed by atoms with Crippen LogP contribution >= 0.6 is 0 Å². The molecule has 9 heteroatoms. The second kappa shape index (κ2) is 6.59. The van der Waals surface area contributed by atoms with Crippen LogP contribution in [0.2, 0.25) is 0 Å². The lowest BCUT2D eigenvalue weighted by Gasteiger charge is -2.12. The molecule has 1 aromatic carbocycles. The van der Waals surface area contributed by atoms with Gasteiger partial charge in [0.2, 0.25) is 0 Å². The number of fused-ring (bicyclic) bond motifs is 1. The summed E-state index contributed by atoms with van der Waals surface area (Å²) in [5.74, 6) is -0.0716. The molecule has 1 aliphatic rings. The van der Waals surface area contributed by atoms with E-state index in [0.29, 0.717) is 22.8 Å². The van der Waals surface area contributed by atoms with Crippen molar-refractivity contribution in [3.8, 4) is 17.3 Å². The van der Waals surface area contributed by atoms with Gasteiger partial charge in [-0.1, -0.05) is 19.9 Å². The lowest BCUT2D eigenvalue weighted by molar-refractivity contribution is -0.286. The summed E-state index contributed by atoms with van der Waals surface area (Å²) in [7, 11) is 0. The minimum absolute atomic E-state index is 0.0132. The van der Waals surface area contributed by atoms with Crippen LogP contribution in [0, 0.1) is 0 Å². The smallest absolute Gasteiger partial charge is 0.395 e. The normalized spacial score (nSPS) is 14.3. The highest BCUT2D eigenvalue weighted by molar-refractivity contribution is 6.05. The van der Waals surface area contributed by atoms with Crippen LogP contribution in [0.3, 0.4) is 0 Å². The molecule has 1 aliphatic heterocycles. The van der Waals surface area contributed by atoms with E-state index >= 15 is 0 Å². The Morgan fingerprint density at radius 1 is 1.18 bits per heavy atom. The Morgan fingerprint density at radius 3 is 2.68 bits per heavy atom. The van der Waals surface area contributed by atoms with Crippen molar-refractivity contribution in [2.45, 2.75) is 26.1 Å². The predicted octanol–water partition coefficient (Wildman–Crippen LogP) is 3.96. The van der Waals surface area contributed by atoms with Crippen molar-refractivity contribution < 1.29 is 23.0 Å². The molecule has 0 spiro atoms. The molecule has 0 aliphatic carbocycles. The number of halogens is 2. The Labute approximate surface area is 158 Å². The lowest BCUT2D eigenvalue weighted by Crippen LogP contribution is -2.25. The second-order valence-corrected chi connectivity index (χ2v) is 6.48. The Balaban J connectivity index is 1.62. The monoisotopic (exact) mass is 386 g/mol. The largest absolute Gasteiger partial charge is 0.586 e. The average molecular weight is 386 g/mol. The van der Waals surface area contributed by atoms with Crippen molar-refractivity contribution in [2.24, 2.45) is 0 Å². The SMILES string of the molecule is CC(C)c1c(C(=O)Nc2ccc3c(c2)OC(F)(F)O3)cnn1-c1ccccn1. The molecular formula is C19H16F2N4O3. The van der Waals surface area contributed by atoms with Crippen molar-refractivity contribution in [2.75, 3.05) is 5.32 Å². The fraction of sp³-hybridized carbons (Fsp3) is 0.211. The highest BCUT2D eigenvalue weighted by Gasteiger charge is 2.43. The molecule has 28 heavy (non-hydrogen) atoms. The molecular weight excluding hydrogens is 370 g/mol. The van der Waals surface area contributed by atoms with Crippen LogP contribution < -0.4 is 14.8 Å². The fourth-order valence-electron chi connectivity index (χ4n) is 2.98. The molecule has 0 saturated carbocycles. The zero-order valence-corrected chi connectivity index (χ0v) is 15.0. The van der Waals surface area contributed by atoms with Crippen LogP contribution in [0.1, 0.15) is 35.8 Å². The van der Waals surface area contributed by atoms with Crippen LogP contribution in [0.15, 0.2) is 48.8 Å². The third-order valence-electron chi connectivity index (χ3n) is 4.12. The fourth-order valence-corrected chi connectivity index (χ4v) is 2.98. The summed E-state index contributed by atoms with van der Waals surface area (Å²) >= 11 is 0. The molecule has 0 unspecified atom stereocenters. The molecule has 0 atom stereocenters. The van der Waals surface area contributed by atoms with E-state index in [2.05, 4.69) is 24.9 Å². The van der Waals surface area contributed by atoms with E-state index in [4.69, 9.17) is 0 Å². The maximum absolute atomic E-state index is 13.2. The van der Waals surface area contributed by atoms with Crippen molar-refractivity contribution in [3.05, 3.63) is 60.0 Å². The number of carbonyl (C=O) groups is 1. The van der Waals surface area contributed by atoms with Crippen molar-refractivity contribution in [3.63, 3.8) is 0 Å². The molecule has 0 fully saturated rings. The number of nitrogens with zero attached hydrogens (tertiary/aromatic N) is 3. The van der Waals surface area contributed by atoms with Gasteiger partial charge in [0, 0.05) is 18.0 Å². The van der Waals surface area contributed by atoms with E-state index in [1.54, 1.807) is 23.0 Å². The Bertz CT molecular complexity index is 1030. The van der Waals surface area contributed by atoms with Gasteiger partial charge in [0.05, 0.1) is 17.5 Å². The molecule has 0 saturated heterocycles. The van der Waals surface area contributed by atoms with Gasteiger partial charge in [-0.15, -0.1) is 8.78 Å². The van der Waals surface area contributed by atoms with Gasteiger partial charge >= 0.3 is 6.29 Å². The minimum atomic E-state index is -3.71. The van der Waals surface area contributed by atoms with E-state index in [1.807, 2.05) is 19.9 Å². The third kappa shape index (κ3) is 3.26. The topological polar surface area (TPSA) is 78.3 Å². The zero-order chi connectivity index (χ0) is 19.9. The van der Waals surface area contributed by atoms with Gasteiger partial charge in [-0.3, -0.25) is 4.79 Å². The van der Waals surface area contributed by atoms with Crippen molar-refractivity contribution >= 4 is 11.6 Å². The minimum Gasteiger partial charge on any atom is -0.395 e. The van der Waals surface area contributed by atoms with E-state index < -0.39 is 12.2 Å². The number of ether oxygens (including phenoxy) is 2. The number of nitrogens with one attached hydrogen (secondary N) is 1. The number of pyridine rings is 1. The Kier molecular flexibility index (Phi) is 4.21. The molecule has 1 N–H and O–H groups in total. The molecule has 3 aromatic rings. The van der Waals surface area contributed by atoms with Gasteiger partial charge in [-0.05, 0) is 30.2 Å². The zero-order valence-electron chi connectivity index (χ0n) is 15.0. The molecule has 144 valence electrons.